The lowest BCUT2D eigenvalue weighted by atomic mass is 9.42. The molecule has 35 heavy (non-hydrogen) atoms. The highest BCUT2D eigenvalue weighted by atomic mass is 16.3. The lowest BCUT2D eigenvalue weighted by Crippen LogP contribution is -2.79. The van der Waals surface area contributed by atoms with Gasteiger partial charge in [0.1, 0.15) is 5.75 Å². The summed E-state index contributed by atoms with van der Waals surface area (Å²) >= 11 is 0. The summed E-state index contributed by atoms with van der Waals surface area (Å²) in [6.07, 6.45) is 7.63. The summed E-state index contributed by atoms with van der Waals surface area (Å²) in [5, 5.41) is 16.1. The average Bonchev–Trinajstić information content (AvgIpc) is 3.01. The first kappa shape index (κ1) is 26.2. The largest absolute Gasteiger partial charge is 0.508 e. The maximum Gasteiger partial charge on any atom is 0.156 e. The highest BCUT2D eigenvalue weighted by molar-refractivity contribution is 5.93. The fraction of sp³-hybridized carbons (Fsp3) is 0.414. The number of phenols is 1. The molecule has 0 aromatic heterocycles. The normalized spacial score (nSPS) is 30.0. The van der Waals surface area contributed by atoms with Crippen molar-refractivity contribution in [2.24, 2.45) is 16.7 Å². The Labute approximate surface area is 210 Å². The molecule has 1 aromatic rings. The second kappa shape index (κ2) is 10.1. The molecule has 1 saturated heterocycles. The zero-order chi connectivity index (χ0) is 26.0. The maximum absolute atomic E-state index is 12.9. The SMILES string of the molecule is C=CN1CC(CC(=O)/C=C/c2ccc(O)cc2)CN(C=C)C2C1C(C)(C(=C)NC)C2(C)C(=C)NC. The molecular weight excluding hydrogens is 436 g/mol. The second-order valence-corrected chi connectivity index (χ2v) is 9.97. The van der Waals surface area contributed by atoms with Crippen molar-refractivity contribution in [1.82, 2.24) is 20.4 Å². The van der Waals surface area contributed by atoms with Gasteiger partial charge in [0.2, 0.25) is 0 Å². The van der Waals surface area contributed by atoms with Crippen LogP contribution in [0.1, 0.15) is 25.8 Å². The lowest BCUT2D eigenvalue weighted by Gasteiger charge is -2.71. The number of carbonyl (C=O) groups is 1. The number of ketones is 1. The Bertz CT molecular complexity index is 982. The number of nitrogens with zero attached hydrogens (tertiary/aromatic N) is 2. The third kappa shape index (κ3) is 4.26. The Morgan fingerprint density at radius 3 is 1.86 bits per heavy atom. The van der Waals surface area contributed by atoms with Crippen LogP contribution < -0.4 is 10.6 Å². The minimum Gasteiger partial charge on any atom is -0.508 e. The molecule has 4 unspecified atom stereocenters. The van der Waals surface area contributed by atoms with Crippen molar-refractivity contribution in [2.75, 3.05) is 27.2 Å². The number of benzene rings is 1. The van der Waals surface area contributed by atoms with Gasteiger partial charge in [-0.25, -0.2) is 0 Å². The van der Waals surface area contributed by atoms with Gasteiger partial charge < -0.3 is 25.5 Å². The average molecular weight is 477 g/mol. The van der Waals surface area contributed by atoms with Crippen molar-refractivity contribution in [1.29, 1.82) is 0 Å². The van der Waals surface area contributed by atoms with Gasteiger partial charge in [-0.15, -0.1) is 0 Å². The van der Waals surface area contributed by atoms with Gasteiger partial charge in [0, 0.05) is 61.7 Å². The summed E-state index contributed by atoms with van der Waals surface area (Å²) in [7, 11) is 3.82. The van der Waals surface area contributed by atoms with Gasteiger partial charge >= 0.3 is 0 Å². The van der Waals surface area contributed by atoms with E-state index in [0.29, 0.717) is 19.5 Å². The highest BCUT2D eigenvalue weighted by Crippen LogP contribution is 2.66. The Morgan fingerprint density at radius 2 is 1.46 bits per heavy atom. The molecule has 2 fully saturated rings. The standard InChI is InChI=1S/C29H40N4O2/c1-9-32-18-23(17-25(35)16-13-22-11-14-24(34)15-12-22)19-33(10-2)27-26(32)28(5,20(3)30-7)29(27,6)21(4)31-8/h9-16,23,26-27,30-31,34H,1-4,17-19H2,5-8H3/b16-13+. The van der Waals surface area contributed by atoms with Crippen LogP contribution in [0.5, 0.6) is 5.75 Å². The second-order valence-electron chi connectivity index (χ2n) is 9.97. The van der Waals surface area contributed by atoms with Gasteiger partial charge in [0.05, 0.1) is 12.1 Å². The number of allylic oxidation sites excluding steroid dienone is 1. The number of carbonyl (C=O) groups excluding carboxylic acids is 1. The van der Waals surface area contributed by atoms with E-state index < -0.39 is 0 Å². The van der Waals surface area contributed by atoms with E-state index in [1.165, 1.54) is 0 Å². The third-order valence-electron chi connectivity index (χ3n) is 8.38. The molecule has 1 saturated carbocycles. The minimum absolute atomic E-state index is 0.0649. The van der Waals surface area contributed by atoms with E-state index in [2.05, 4.69) is 60.6 Å². The highest BCUT2D eigenvalue weighted by Gasteiger charge is 2.72. The van der Waals surface area contributed by atoms with Crippen molar-refractivity contribution in [3.8, 4) is 5.75 Å². The molecule has 0 spiro atoms. The zero-order valence-electron chi connectivity index (χ0n) is 21.6. The Kier molecular flexibility index (Phi) is 7.53. The number of fused-ring (bicyclic) bond motifs is 1. The Hall–Kier alpha value is -3.41. The van der Waals surface area contributed by atoms with E-state index in [4.69, 9.17) is 0 Å². The van der Waals surface area contributed by atoms with Gasteiger partial charge in [0.15, 0.2) is 5.78 Å². The lowest BCUT2D eigenvalue weighted by molar-refractivity contribution is -0.147. The van der Waals surface area contributed by atoms with Crippen LogP contribution in [0.3, 0.4) is 0 Å². The monoisotopic (exact) mass is 476 g/mol. The predicted molar refractivity (Wildman–Crippen MR) is 144 cm³/mol. The van der Waals surface area contributed by atoms with Gasteiger partial charge in [-0.1, -0.05) is 58.4 Å². The fourth-order valence-corrected chi connectivity index (χ4v) is 6.19. The van der Waals surface area contributed by atoms with E-state index in [1.807, 2.05) is 26.5 Å². The summed E-state index contributed by atoms with van der Waals surface area (Å²) in [5.74, 6) is 0.361. The molecule has 0 amide bonds. The molecular formula is C29H40N4O2. The van der Waals surface area contributed by atoms with E-state index in [9.17, 15) is 9.90 Å². The van der Waals surface area contributed by atoms with E-state index in [0.717, 1.165) is 17.0 Å². The molecule has 1 aliphatic heterocycles. The molecule has 1 aromatic carbocycles. The van der Waals surface area contributed by atoms with Crippen LogP contribution in [-0.2, 0) is 4.79 Å². The van der Waals surface area contributed by atoms with Gasteiger partial charge in [0.25, 0.3) is 0 Å². The molecule has 188 valence electrons. The third-order valence-corrected chi connectivity index (χ3v) is 8.38. The number of phenolic OH excluding ortho intramolecular Hbond substituents is 1. The molecule has 1 heterocycles. The number of hydrogen-bond donors (Lipinski definition) is 3. The van der Waals surface area contributed by atoms with E-state index >= 15 is 0 Å². The maximum atomic E-state index is 12.9. The van der Waals surface area contributed by atoms with Crippen LogP contribution in [-0.4, -0.2) is 60.0 Å². The van der Waals surface area contributed by atoms with Gasteiger partial charge in [-0.2, -0.15) is 0 Å². The molecule has 1 aliphatic carbocycles. The topological polar surface area (TPSA) is 67.8 Å². The summed E-state index contributed by atoms with van der Waals surface area (Å²) < 4.78 is 0. The summed E-state index contributed by atoms with van der Waals surface area (Å²) in [6, 6.07) is 6.96. The minimum atomic E-state index is -0.334. The van der Waals surface area contributed by atoms with Gasteiger partial charge in [-0.05, 0) is 36.2 Å². The van der Waals surface area contributed by atoms with Crippen molar-refractivity contribution < 1.29 is 9.90 Å². The van der Waals surface area contributed by atoms with Crippen molar-refractivity contribution in [3.05, 3.63) is 86.0 Å². The van der Waals surface area contributed by atoms with Crippen LogP contribution in [0.25, 0.3) is 6.08 Å². The number of hydrogen-bond acceptors (Lipinski definition) is 6. The summed E-state index contributed by atoms with van der Waals surface area (Å²) in [6.45, 7) is 22.9. The van der Waals surface area contributed by atoms with Crippen LogP contribution in [0.15, 0.2) is 80.5 Å². The summed E-state index contributed by atoms with van der Waals surface area (Å²) in [4.78, 5) is 17.5. The fourth-order valence-electron chi connectivity index (χ4n) is 6.19. The number of aromatic hydroxyl groups is 1. The zero-order valence-corrected chi connectivity index (χ0v) is 21.6. The first-order chi connectivity index (χ1) is 16.6. The predicted octanol–water partition coefficient (Wildman–Crippen LogP) is 4.12. The van der Waals surface area contributed by atoms with E-state index in [-0.39, 0.29) is 40.4 Å². The first-order valence-corrected chi connectivity index (χ1v) is 12.1. The smallest absolute Gasteiger partial charge is 0.156 e. The Balaban J connectivity index is 1.91. The van der Waals surface area contributed by atoms with Crippen molar-refractivity contribution >= 4 is 11.9 Å². The van der Waals surface area contributed by atoms with E-state index in [1.54, 1.807) is 36.4 Å². The quantitative estimate of drug-likeness (QED) is 0.442. The number of rotatable bonds is 10. The van der Waals surface area contributed by atoms with Crippen LogP contribution in [0.2, 0.25) is 0 Å². The van der Waals surface area contributed by atoms with Crippen LogP contribution in [0.4, 0.5) is 0 Å². The van der Waals surface area contributed by atoms with Crippen molar-refractivity contribution in [3.63, 3.8) is 0 Å². The molecule has 2 aliphatic rings. The molecule has 4 atom stereocenters. The number of nitrogens with one attached hydrogen (secondary N) is 2. The van der Waals surface area contributed by atoms with Crippen LogP contribution in [0, 0.1) is 16.7 Å². The molecule has 0 bridgehead atoms. The first-order valence-electron chi connectivity index (χ1n) is 12.1. The van der Waals surface area contributed by atoms with Gasteiger partial charge in [-0.3, -0.25) is 4.79 Å². The molecule has 6 heteroatoms. The van der Waals surface area contributed by atoms with Crippen molar-refractivity contribution in [2.45, 2.75) is 32.4 Å². The van der Waals surface area contributed by atoms with Crippen LogP contribution >= 0.6 is 0 Å². The molecule has 3 N–H and O–H groups in total. The molecule has 0 radical (unpaired) electrons. The Morgan fingerprint density at radius 1 is 1.00 bits per heavy atom. The molecule has 3 rings (SSSR count). The summed E-state index contributed by atoms with van der Waals surface area (Å²) in [5.41, 5.74) is 2.09. The molecule has 6 nitrogen and oxygen atoms in total.